The van der Waals surface area contributed by atoms with Gasteiger partial charge in [-0.25, -0.2) is 8.42 Å². The van der Waals surface area contributed by atoms with Gasteiger partial charge in [-0.05, 0) is 12.0 Å². The Bertz CT molecular complexity index is 529. The number of hydrogen-bond donors (Lipinski definition) is 2. The molecule has 0 aliphatic carbocycles. The van der Waals surface area contributed by atoms with E-state index < -0.39 is 21.4 Å². The molecule has 1 heterocycles. The van der Waals surface area contributed by atoms with Crippen molar-refractivity contribution >= 4 is 9.84 Å². The van der Waals surface area contributed by atoms with Crippen LogP contribution >= 0.6 is 0 Å². The molecule has 0 amide bonds. The topological polar surface area (TPSA) is 80.4 Å². The lowest BCUT2D eigenvalue weighted by atomic mass is 9.74. The van der Waals surface area contributed by atoms with Crippen LogP contribution in [-0.4, -0.2) is 37.7 Å². The van der Waals surface area contributed by atoms with Gasteiger partial charge in [0, 0.05) is 17.9 Å². The zero-order chi connectivity index (χ0) is 14.1. The summed E-state index contributed by atoms with van der Waals surface area (Å²) in [6.45, 7) is 2.12. The quantitative estimate of drug-likeness (QED) is 0.861. The lowest BCUT2D eigenvalue weighted by Crippen LogP contribution is -2.45. The molecule has 4 nitrogen and oxygen atoms in total. The lowest BCUT2D eigenvalue weighted by molar-refractivity contribution is 0.0296. The van der Waals surface area contributed by atoms with E-state index in [-0.39, 0.29) is 24.0 Å². The third-order valence-electron chi connectivity index (χ3n) is 4.25. The fourth-order valence-electron chi connectivity index (χ4n) is 2.93. The minimum atomic E-state index is -3.07. The van der Waals surface area contributed by atoms with Crippen molar-refractivity contribution < 1.29 is 13.5 Å². The predicted molar refractivity (Wildman–Crippen MR) is 75.6 cm³/mol. The molecule has 0 saturated carbocycles. The molecule has 3 unspecified atom stereocenters. The first-order valence-corrected chi connectivity index (χ1v) is 8.36. The Hall–Kier alpha value is -0.910. The molecule has 3 atom stereocenters. The zero-order valence-electron chi connectivity index (χ0n) is 11.1. The van der Waals surface area contributed by atoms with E-state index in [2.05, 4.69) is 0 Å². The monoisotopic (exact) mass is 283 g/mol. The Morgan fingerprint density at radius 1 is 1.37 bits per heavy atom. The van der Waals surface area contributed by atoms with Gasteiger partial charge in [-0.15, -0.1) is 0 Å². The second-order valence-corrected chi connectivity index (χ2v) is 7.74. The predicted octanol–water partition coefficient (Wildman–Crippen LogP) is 0.915. The van der Waals surface area contributed by atoms with E-state index >= 15 is 0 Å². The van der Waals surface area contributed by atoms with Crippen LogP contribution < -0.4 is 5.73 Å². The van der Waals surface area contributed by atoms with Gasteiger partial charge in [-0.3, -0.25) is 0 Å². The third kappa shape index (κ3) is 2.83. The number of aliphatic hydroxyl groups excluding tert-OH is 1. The molecule has 0 aromatic heterocycles. The first-order valence-electron chi connectivity index (χ1n) is 6.54. The fraction of sp³-hybridized carbons (Fsp3) is 0.571. The summed E-state index contributed by atoms with van der Waals surface area (Å²) in [5.74, 6) is -0.00418. The number of aliphatic hydroxyl groups is 1. The average Bonchev–Trinajstić information content (AvgIpc) is 2.75. The summed E-state index contributed by atoms with van der Waals surface area (Å²) in [5, 5.41) is 10.6. The Balaban J connectivity index is 2.25. The van der Waals surface area contributed by atoms with Gasteiger partial charge in [-0.2, -0.15) is 0 Å². The summed E-state index contributed by atoms with van der Waals surface area (Å²) >= 11 is 0. The van der Waals surface area contributed by atoms with Gasteiger partial charge in [0.1, 0.15) is 0 Å². The maximum atomic E-state index is 11.7. The molecule has 1 fully saturated rings. The molecule has 0 radical (unpaired) electrons. The van der Waals surface area contributed by atoms with Gasteiger partial charge in [0.25, 0.3) is 0 Å². The molecule has 1 aliphatic heterocycles. The molecule has 5 heteroatoms. The second-order valence-electron chi connectivity index (χ2n) is 5.55. The first kappa shape index (κ1) is 14.5. The normalized spacial score (nSPS) is 29.0. The van der Waals surface area contributed by atoms with E-state index in [1.165, 1.54) is 0 Å². The number of rotatable bonds is 4. The first-order chi connectivity index (χ1) is 8.90. The fourth-order valence-corrected chi connectivity index (χ4v) is 5.10. The molecule has 1 saturated heterocycles. The highest BCUT2D eigenvalue weighted by Gasteiger charge is 2.48. The summed E-state index contributed by atoms with van der Waals surface area (Å²) in [6.07, 6.45) is -0.290. The highest BCUT2D eigenvalue weighted by molar-refractivity contribution is 7.91. The summed E-state index contributed by atoms with van der Waals surface area (Å²) in [4.78, 5) is 0. The van der Waals surface area contributed by atoms with Gasteiger partial charge in [0.2, 0.25) is 0 Å². The lowest BCUT2D eigenvalue weighted by Gasteiger charge is -2.35. The van der Waals surface area contributed by atoms with Crippen LogP contribution in [0.25, 0.3) is 0 Å². The SMILES string of the molecule is CC(c1ccccc1)C(O)C1(CN)CCS(=O)(=O)C1. The highest BCUT2D eigenvalue weighted by atomic mass is 32.2. The molecule has 106 valence electrons. The molecule has 1 aromatic rings. The van der Waals surface area contributed by atoms with Crippen molar-refractivity contribution in [1.29, 1.82) is 0 Å². The molecule has 19 heavy (non-hydrogen) atoms. The maximum absolute atomic E-state index is 11.7. The van der Waals surface area contributed by atoms with Crippen molar-refractivity contribution in [1.82, 2.24) is 0 Å². The van der Waals surface area contributed by atoms with Crippen LogP contribution in [0.15, 0.2) is 30.3 Å². The van der Waals surface area contributed by atoms with Crippen molar-refractivity contribution in [3.8, 4) is 0 Å². The Labute approximate surface area is 114 Å². The van der Waals surface area contributed by atoms with Crippen molar-refractivity contribution in [2.45, 2.75) is 25.4 Å². The minimum Gasteiger partial charge on any atom is -0.392 e. The van der Waals surface area contributed by atoms with Crippen LogP contribution in [0.5, 0.6) is 0 Å². The van der Waals surface area contributed by atoms with E-state index in [4.69, 9.17) is 5.73 Å². The van der Waals surface area contributed by atoms with Crippen molar-refractivity contribution in [3.63, 3.8) is 0 Å². The molecule has 1 aromatic carbocycles. The van der Waals surface area contributed by atoms with Crippen molar-refractivity contribution in [2.75, 3.05) is 18.1 Å². The third-order valence-corrected chi connectivity index (χ3v) is 6.09. The van der Waals surface area contributed by atoms with Crippen LogP contribution in [-0.2, 0) is 9.84 Å². The highest BCUT2D eigenvalue weighted by Crippen LogP contribution is 2.40. The smallest absolute Gasteiger partial charge is 0.151 e. The molecular formula is C14H21NO3S. The summed E-state index contributed by atoms with van der Waals surface area (Å²) in [7, 11) is -3.07. The van der Waals surface area contributed by atoms with E-state index in [1.807, 2.05) is 37.3 Å². The number of sulfone groups is 1. The number of benzene rings is 1. The van der Waals surface area contributed by atoms with Gasteiger partial charge in [0.15, 0.2) is 9.84 Å². The molecule has 3 N–H and O–H groups in total. The Kier molecular flexibility index (Phi) is 3.99. The summed E-state index contributed by atoms with van der Waals surface area (Å²) in [6, 6.07) is 9.64. The zero-order valence-corrected chi connectivity index (χ0v) is 11.9. The molecule has 2 rings (SSSR count). The summed E-state index contributed by atoms with van der Waals surface area (Å²) < 4.78 is 23.4. The van der Waals surface area contributed by atoms with Gasteiger partial charge in [-0.1, -0.05) is 37.3 Å². The largest absolute Gasteiger partial charge is 0.392 e. The van der Waals surface area contributed by atoms with Crippen molar-refractivity contribution in [2.24, 2.45) is 11.1 Å². The standard InChI is InChI=1S/C14H21NO3S/c1-11(12-5-3-2-4-6-12)13(16)14(9-15)7-8-19(17,18)10-14/h2-6,11,13,16H,7-10,15H2,1H3. The molecule has 0 bridgehead atoms. The van der Waals surface area contributed by atoms with Gasteiger partial charge in [0.05, 0.1) is 17.6 Å². The van der Waals surface area contributed by atoms with Crippen LogP contribution in [0.4, 0.5) is 0 Å². The van der Waals surface area contributed by atoms with Gasteiger partial charge >= 0.3 is 0 Å². The van der Waals surface area contributed by atoms with Crippen LogP contribution in [0.1, 0.15) is 24.8 Å². The van der Waals surface area contributed by atoms with E-state index in [0.717, 1.165) is 5.56 Å². The number of nitrogens with two attached hydrogens (primary N) is 1. The Morgan fingerprint density at radius 2 is 2.00 bits per heavy atom. The average molecular weight is 283 g/mol. The van der Waals surface area contributed by atoms with Gasteiger partial charge < -0.3 is 10.8 Å². The molecule has 1 aliphatic rings. The maximum Gasteiger partial charge on any atom is 0.151 e. The van der Waals surface area contributed by atoms with Crippen LogP contribution in [0, 0.1) is 5.41 Å². The van der Waals surface area contributed by atoms with Crippen LogP contribution in [0.2, 0.25) is 0 Å². The molecular weight excluding hydrogens is 262 g/mol. The van der Waals surface area contributed by atoms with E-state index in [9.17, 15) is 13.5 Å². The second kappa shape index (κ2) is 5.23. The van der Waals surface area contributed by atoms with E-state index in [0.29, 0.717) is 6.42 Å². The van der Waals surface area contributed by atoms with E-state index in [1.54, 1.807) is 0 Å². The minimum absolute atomic E-state index is 0.00512. The van der Waals surface area contributed by atoms with Crippen molar-refractivity contribution in [3.05, 3.63) is 35.9 Å². The molecule has 0 spiro atoms. The van der Waals surface area contributed by atoms with Crippen LogP contribution in [0.3, 0.4) is 0 Å². The Morgan fingerprint density at radius 3 is 2.47 bits per heavy atom. The number of hydrogen-bond acceptors (Lipinski definition) is 4. The summed E-state index contributed by atoms with van der Waals surface area (Å²) in [5.41, 5.74) is 6.09.